The molecule has 4 rings (SSSR count). The van der Waals surface area contributed by atoms with E-state index in [4.69, 9.17) is 16.0 Å². The van der Waals surface area contributed by atoms with Crippen LogP contribution in [0.25, 0.3) is 21.9 Å². The van der Waals surface area contributed by atoms with Crippen molar-refractivity contribution in [2.75, 3.05) is 0 Å². The molecule has 1 aromatic heterocycles. The van der Waals surface area contributed by atoms with Crippen molar-refractivity contribution in [2.24, 2.45) is 0 Å². The molecule has 0 aliphatic rings. The molecular weight excluding hydrogens is 337 g/mol. The third-order valence-corrected chi connectivity index (χ3v) is 4.08. The van der Waals surface area contributed by atoms with Gasteiger partial charge in [0.15, 0.2) is 17.5 Å². The minimum atomic E-state index is -1.48. The molecule has 3 aromatic carbocycles. The maximum Gasteiger partial charge on any atom is 0.194 e. The summed E-state index contributed by atoms with van der Waals surface area (Å²) in [6.45, 7) is 0. The monoisotopic (exact) mass is 345 g/mol. The summed E-state index contributed by atoms with van der Waals surface area (Å²) in [7, 11) is 0. The van der Waals surface area contributed by atoms with Crippen LogP contribution in [0.2, 0.25) is 5.02 Å². The molecule has 4 aromatic rings. The summed E-state index contributed by atoms with van der Waals surface area (Å²) in [5.41, 5.74) is 1.95. The van der Waals surface area contributed by atoms with Gasteiger partial charge in [0.25, 0.3) is 0 Å². The predicted molar refractivity (Wildman–Crippen MR) is 87.6 cm³/mol. The van der Waals surface area contributed by atoms with Crippen molar-refractivity contribution >= 4 is 33.5 Å². The average molecular weight is 346 g/mol. The number of fused-ring (bicyclic) bond motifs is 3. The minimum Gasteiger partial charge on any atom is -0.456 e. The molecule has 1 nitrogen and oxygen atoms in total. The Labute approximate surface area is 140 Å². The van der Waals surface area contributed by atoms with E-state index in [2.05, 4.69) is 0 Å². The fraction of sp³-hybridized carbons (Fsp3) is 0. The van der Waals surface area contributed by atoms with Crippen LogP contribution in [0.1, 0.15) is 11.1 Å². The first-order valence-electron chi connectivity index (χ1n) is 7.13. The maximum absolute atomic E-state index is 13.8. The fourth-order valence-corrected chi connectivity index (χ4v) is 2.86. The van der Waals surface area contributed by atoms with Gasteiger partial charge in [-0.1, -0.05) is 23.7 Å². The van der Waals surface area contributed by atoms with Crippen LogP contribution >= 0.6 is 11.6 Å². The molecule has 0 aliphatic heterocycles. The van der Waals surface area contributed by atoms with E-state index >= 15 is 0 Å². The highest BCUT2D eigenvalue weighted by atomic mass is 35.5. The number of halogens is 4. The molecule has 0 fully saturated rings. The summed E-state index contributed by atoms with van der Waals surface area (Å²) in [6.07, 6.45) is 1.45. The van der Waals surface area contributed by atoms with Gasteiger partial charge in [-0.2, -0.15) is 0 Å². The molecule has 5 heteroatoms. The lowest BCUT2D eigenvalue weighted by molar-refractivity contribution is 0.444. The van der Waals surface area contributed by atoms with Gasteiger partial charge in [-0.25, -0.2) is 13.2 Å². The van der Waals surface area contributed by atoms with Gasteiger partial charge in [0.05, 0.1) is 0 Å². The van der Waals surface area contributed by atoms with Gasteiger partial charge in [-0.05, 0) is 47.5 Å². The second kappa shape index (κ2) is 5.56. The summed E-state index contributed by atoms with van der Waals surface area (Å²) in [4.78, 5) is 0. The number of furan rings is 1. The van der Waals surface area contributed by atoms with E-state index in [0.29, 0.717) is 21.8 Å². The third-order valence-electron chi connectivity index (χ3n) is 3.84. The summed E-state index contributed by atoms with van der Waals surface area (Å²) < 4.78 is 45.9. The molecule has 0 N–H and O–H groups in total. The highest BCUT2D eigenvalue weighted by Crippen LogP contribution is 2.32. The molecule has 0 unspecified atom stereocenters. The highest BCUT2D eigenvalue weighted by Gasteiger charge is 2.15. The first-order valence-corrected chi connectivity index (χ1v) is 7.51. The van der Waals surface area contributed by atoms with Crippen molar-refractivity contribution in [3.8, 4) is 0 Å². The van der Waals surface area contributed by atoms with Crippen LogP contribution in [0.4, 0.5) is 13.2 Å². The van der Waals surface area contributed by atoms with Crippen molar-refractivity contribution in [3.63, 3.8) is 0 Å². The Morgan fingerprint density at radius 2 is 1.50 bits per heavy atom. The third kappa shape index (κ3) is 2.43. The molecule has 0 atom stereocenters. The minimum absolute atomic E-state index is 0.0286. The molecule has 1 heterocycles. The first kappa shape index (κ1) is 15.1. The summed E-state index contributed by atoms with van der Waals surface area (Å²) in [5, 5.41) is 2.22. The molecular formula is C19H9ClF3O. The van der Waals surface area contributed by atoms with Crippen LogP contribution in [0.5, 0.6) is 0 Å². The lowest BCUT2D eigenvalue weighted by Crippen LogP contribution is -1.97. The molecule has 0 aliphatic carbocycles. The average Bonchev–Trinajstić information content (AvgIpc) is 2.93. The van der Waals surface area contributed by atoms with Crippen molar-refractivity contribution in [2.45, 2.75) is 0 Å². The number of hydrogen-bond donors (Lipinski definition) is 0. The smallest absolute Gasteiger partial charge is 0.194 e. The van der Waals surface area contributed by atoms with Gasteiger partial charge < -0.3 is 4.42 Å². The van der Waals surface area contributed by atoms with Gasteiger partial charge in [0, 0.05) is 22.2 Å². The van der Waals surface area contributed by atoms with Gasteiger partial charge in [0.2, 0.25) is 0 Å². The predicted octanol–water partition coefficient (Wildman–Crippen LogP) is 6.26. The van der Waals surface area contributed by atoms with E-state index in [9.17, 15) is 13.2 Å². The summed E-state index contributed by atoms with van der Waals surface area (Å²) in [5.74, 6) is -3.91. The van der Waals surface area contributed by atoms with Crippen LogP contribution in [-0.4, -0.2) is 0 Å². The Kier molecular flexibility index (Phi) is 3.50. The molecule has 0 saturated carbocycles. The Balaban J connectivity index is 1.82. The van der Waals surface area contributed by atoms with Crippen LogP contribution in [0.15, 0.2) is 52.9 Å². The zero-order chi connectivity index (χ0) is 16.8. The Morgan fingerprint density at radius 3 is 2.29 bits per heavy atom. The molecule has 0 spiro atoms. The standard InChI is InChI=1S/C19H9ClF3O/c20-12-3-6-17-14(9-12)13-8-10(1-5-16(13)24-17)7-11-2-4-15(21)19(23)18(11)22/h1-9H. The van der Waals surface area contributed by atoms with Crippen molar-refractivity contribution in [1.29, 1.82) is 0 Å². The fourth-order valence-electron chi connectivity index (χ4n) is 2.69. The van der Waals surface area contributed by atoms with E-state index < -0.39 is 17.5 Å². The Hall–Kier alpha value is -2.46. The van der Waals surface area contributed by atoms with Crippen molar-refractivity contribution in [1.82, 2.24) is 0 Å². The number of benzene rings is 3. The van der Waals surface area contributed by atoms with Gasteiger partial charge in [0.1, 0.15) is 11.2 Å². The largest absolute Gasteiger partial charge is 0.456 e. The Bertz CT molecular complexity index is 1090. The Morgan fingerprint density at radius 1 is 0.792 bits per heavy atom. The maximum atomic E-state index is 13.8. The molecule has 0 amide bonds. The zero-order valence-corrected chi connectivity index (χ0v) is 12.9. The van der Waals surface area contributed by atoms with Gasteiger partial charge >= 0.3 is 0 Å². The first-order chi connectivity index (χ1) is 11.5. The van der Waals surface area contributed by atoms with Crippen LogP contribution < -0.4 is 0 Å². The lowest BCUT2D eigenvalue weighted by Gasteiger charge is -2.05. The summed E-state index contributed by atoms with van der Waals surface area (Å²) >= 11 is 6.02. The topological polar surface area (TPSA) is 13.1 Å². The van der Waals surface area contributed by atoms with E-state index in [1.807, 2.05) is 0 Å². The summed E-state index contributed by atoms with van der Waals surface area (Å²) in [6, 6.07) is 12.6. The second-order valence-electron chi connectivity index (χ2n) is 5.41. The van der Waals surface area contributed by atoms with Crippen LogP contribution in [-0.2, 0) is 0 Å². The molecule has 1 radical (unpaired) electrons. The molecule has 24 heavy (non-hydrogen) atoms. The van der Waals surface area contributed by atoms with Crippen molar-refractivity contribution in [3.05, 3.63) is 88.6 Å². The van der Waals surface area contributed by atoms with E-state index in [1.54, 1.807) is 36.4 Å². The van der Waals surface area contributed by atoms with Crippen LogP contribution in [0, 0.1) is 23.9 Å². The molecule has 0 bridgehead atoms. The second-order valence-corrected chi connectivity index (χ2v) is 5.84. The van der Waals surface area contributed by atoms with E-state index in [0.717, 1.165) is 16.8 Å². The highest BCUT2D eigenvalue weighted by molar-refractivity contribution is 6.31. The molecule has 0 saturated heterocycles. The molecule has 119 valence electrons. The number of rotatable bonds is 2. The van der Waals surface area contributed by atoms with E-state index in [-0.39, 0.29) is 5.56 Å². The van der Waals surface area contributed by atoms with Gasteiger partial charge in [-0.15, -0.1) is 0 Å². The quantitative estimate of drug-likeness (QED) is 0.391. The van der Waals surface area contributed by atoms with Crippen molar-refractivity contribution < 1.29 is 17.6 Å². The zero-order valence-electron chi connectivity index (χ0n) is 12.1. The van der Waals surface area contributed by atoms with Gasteiger partial charge in [-0.3, -0.25) is 0 Å². The normalized spacial score (nSPS) is 11.5. The lowest BCUT2D eigenvalue weighted by atomic mass is 10.0. The van der Waals surface area contributed by atoms with E-state index in [1.165, 1.54) is 12.5 Å². The number of hydrogen-bond acceptors (Lipinski definition) is 1. The SMILES string of the molecule is Fc1ccc([CH]c2ccc3oc4ccc(Cl)cc4c3c2)c(F)c1F. The van der Waals surface area contributed by atoms with Crippen LogP contribution in [0.3, 0.4) is 0 Å².